The van der Waals surface area contributed by atoms with E-state index in [4.69, 9.17) is 15.5 Å². The summed E-state index contributed by atoms with van der Waals surface area (Å²) >= 11 is 0. The zero-order valence-electron chi connectivity index (χ0n) is 12.8. The molecule has 0 bridgehead atoms. The fourth-order valence-electron chi connectivity index (χ4n) is 3.09. The molecule has 2 N–H and O–H groups in total. The SMILES string of the molecule is COCC(=O)N1CCC(c2nc3ccccc3cc2N)CC1. The molecule has 3 rings (SSSR count). The number of fused-ring (bicyclic) bond motifs is 1. The predicted molar refractivity (Wildman–Crippen MR) is 86.6 cm³/mol. The van der Waals surface area contributed by atoms with Crippen molar-refractivity contribution in [1.29, 1.82) is 0 Å². The number of rotatable bonds is 3. The first-order valence-corrected chi connectivity index (χ1v) is 7.61. The van der Waals surface area contributed by atoms with Crippen molar-refractivity contribution in [3.05, 3.63) is 36.0 Å². The Hall–Kier alpha value is -2.14. The van der Waals surface area contributed by atoms with Crippen LogP contribution in [0, 0.1) is 0 Å². The first kappa shape index (κ1) is 14.8. The number of benzene rings is 1. The lowest BCUT2D eigenvalue weighted by atomic mass is 9.91. The molecular weight excluding hydrogens is 278 g/mol. The number of carbonyl (C=O) groups excluding carboxylic acids is 1. The lowest BCUT2D eigenvalue weighted by Crippen LogP contribution is -2.40. The van der Waals surface area contributed by atoms with Crippen LogP contribution in [0.4, 0.5) is 5.69 Å². The van der Waals surface area contributed by atoms with Crippen molar-refractivity contribution in [3.63, 3.8) is 0 Å². The molecule has 2 aromatic rings. The molecule has 1 saturated heterocycles. The van der Waals surface area contributed by atoms with Gasteiger partial charge in [-0.2, -0.15) is 0 Å². The third-order valence-electron chi connectivity index (χ3n) is 4.29. The number of pyridine rings is 1. The summed E-state index contributed by atoms with van der Waals surface area (Å²) in [5, 5.41) is 1.07. The molecule has 1 aliphatic rings. The Bertz CT molecular complexity index is 679. The molecule has 0 aliphatic carbocycles. The highest BCUT2D eigenvalue weighted by atomic mass is 16.5. The van der Waals surface area contributed by atoms with Crippen LogP contribution in [0.3, 0.4) is 0 Å². The number of carbonyl (C=O) groups is 1. The maximum absolute atomic E-state index is 11.8. The van der Waals surface area contributed by atoms with Crippen molar-refractivity contribution >= 4 is 22.5 Å². The number of amides is 1. The summed E-state index contributed by atoms with van der Waals surface area (Å²) in [4.78, 5) is 18.5. The standard InChI is InChI=1S/C17H21N3O2/c1-22-11-16(21)20-8-6-12(7-9-20)17-14(18)10-13-4-2-3-5-15(13)19-17/h2-5,10,12H,6-9,11,18H2,1H3. The molecule has 116 valence electrons. The van der Waals surface area contributed by atoms with Gasteiger partial charge in [0.15, 0.2) is 0 Å². The molecule has 22 heavy (non-hydrogen) atoms. The van der Waals surface area contributed by atoms with E-state index in [2.05, 4.69) is 0 Å². The van der Waals surface area contributed by atoms with Crippen LogP contribution < -0.4 is 5.73 Å². The summed E-state index contributed by atoms with van der Waals surface area (Å²) in [6.45, 7) is 1.63. The van der Waals surface area contributed by atoms with Gasteiger partial charge in [-0.25, -0.2) is 0 Å². The van der Waals surface area contributed by atoms with Crippen molar-refractivity contribution in [1.82, 2.24) is 9.88 Å². The van der Waals surface area contributed by atoms with E-state index in [1.807, 2.05) is 35.2 Å². The fraction of sp³-hybridized carbons (Fsp3) is 0.412. The number of nitrogens with zero attached hydrogens (tertiary/aromatic N) is 2. The number of hydrogen-bond acceptors (Lipinski definition) is 4. The monoisotopic (exact) mass is 299 g/mol. The van der Waals surface area contributed by atoms with E-state index in [9.17, 15) is 4.79 Å². The maximum atomic E-state index is 11.8. The summed E-state index contributed by atoms with van der Waals surface area (Å²) < 4.78 is 4.91. The van der Waals surface area contributed by atoms with Crippen LogP contribution in [0.15, 0.2) is 30.3 Å². The molecule has 0 spiro atoms. The highest BCUT2D eigenvalue weighted by Crippen LogP contribution is 2.32. The van der Waals surface area contributed by atoms with Gasteiger partial charge in [0.2, 0.25) is 5.91 Å². The zero-order valence-corrected chi connectivity index (χ0v) is 12.8. The van der Waals surface area contributed by atoms with E-state index in [0.717, 1.165) is 48.2 Å². The lowest BCUT2D eigenvalue weighted by Gasteiger charge is -2.32. The van der Waals surface area contributed by atoms with Gasteiger partial charge < -0.3 is 15.4 Å². The quantitative estimate of drug-likeness (QED) is 0.943. The Kier molecular flexibility index (Phi) is 4.24. The van der Waals surface area contributed by atoms with Crippen LogP contribution in [0.25, 0.3) is 10.9 Å². The largest absolute Gasteiger partial charge is 0.397 e. The van der Waals surface area contributed by atoms with Crippen LogP contribution >= 0.6 is 0 Å². The first-order valence-electron chi connectivity index (χ1n) is 7.61. The summed E-state index contributed by atoms with van der Waals surface area (Å²) in [6, 6.07) is 10.0. The minimum atomic E-state index is 0.0559. The Morgan fingerprint density at radius 2 is 2.09 bits per heavy atom. The number of methoxy groups -OCH3 is 1. The van der Waals surface area contributed by atoms with Crippen molar-refractivity contribution < 1.29 is 9.53 Å². The zero-order chi connectivity index (χ0) is 15.5. The van der Waals surface area contributed by atoms with Gasteiger partial charge in [-0.1, -0.05) is 18.2 Å². The second-order valence-corrected chi connectivity index (χ2v) is 5.74. The van der Waals surface area contributed by atoms with Crippen LogP contribution in [0.5, 0.6) is 0 Å². The number of anilines is 1. The van der Waals surface area contributed by atoms with E-state index in [-0.39, 0.29) is 12.5 Å². The van der Waals surface area contributed by atoms with Crippen LogP contribution in [0.1, 0.15) is 24.5 Å². The molecule has 1 fully saturated rings. The van der Waals surface area contributed by atoms with E-state index in [1.54, 1.807) is 7.11 Å². The molecule has 1 aromatic heterocycles. The Balaban J connectivity index is 1.76. The van der Waals surface area contributed by atoms with E-state index in [1.165, 1.54) is 0 Å². The summed E-state index contributed by atoms with van der Waals surface area (Å²) in [5.41, 5.74) is 8.89. The molecule has 2 heterocycles. The fourth-order valence-corrected chi connectivity index (χ4v) is 3.09. The van der Waals surface area contributed by atoms with E-state index in [0.29, 0.717) is 5.92 Å². The third-order valence-corrected chi connectivity index (χ3v) is 4.29. The van der Waals surface area contributed by atoms with Crippen molar-refractivity contribution in [2.45, 2.75) is 18.8 Å². The van der Waals surface area contributed by atoms with Crippen molar-refractivity contribution in [2.24, 2.45) is 0 Å². The maximum Gasteiger partial charge on any atom is 0.248 e. The Morgan fingerprint density at radius 1 is 1.36 bits per heavy atom. The number of nitrogens with two attached hydrogens (primary N) is 1. The molecular formula is C17H21N3O2. The molecule has 0 atom stereocenters. The van der Waals surface area contributed by atoms with Gasteiger partial charge in [0.05, 0.1) is 16.9 Å². The Morgan fingerprint density at radius 3 is 2.82 bits per heavy atom. The molecule has 1 amide bonds. The van der Waals surface area contributed by atoms with Crippen LogP contribution in [-0.2, 0) is 9.53 Å². The molecule has 1 aromatic carbocycles. The highest BCUT2D eigenvalue weighted by molar-refractivity contribution is 5.82. The average Bonchev–Trinajstić information content (AvgIpc) is 2.54. The summed E-state index contributed by atoms with van der Waals surface area (Å²) in [6.07, 6.45) is 1.79. The van der Waals surface area contributed by atoms with Crippen molar-refractivity contribution in [2.75, 3.05) is 32.5 Å². The van der Waals surface area contributed by atoms with Gasteiger partial charge in [-0.3, -0.25) is 9.78 Å². The first-order chi connectivity index (χ1) is 10.7. The van der Waals surface area contributed by atoms with Crippen LogP contribution in [-0.4, -0.2) is 42.6 Å². The summed E-state index contributed by atoms with van der Waals surface area (Å²) in [7, 11) is 1.55. The van der Waals surface area contributed by atoms with Gasteiger partial charge in [0.25, 0.3) is 0 Å². The molecule has 5 nitrogen and oxygen atoms in total. The molecule has 5 heteroatoms. The second kappa shape index (κ2) is 6.32. The van der Waals surface area contributed by atoms with Crippen molar-refractivity contribution in [3.8, 4) is 0 Å². The minimum Gasteiger partial charge on any atom is -0.397 e. The highest BCUT2D eigenvalue weighted by Gasteiger charge is 2.25. The topological polar surface area (TPSA) is 68.5 Å². The van der Waals surface area contributed by atoms with E-state index >= 15 is 0 Å². The lowest BCUT2D eigenvalue weighted by molar-refractivity contribution is -0.136. The molecule has 0 unspecified atom stereocenters. The second-order valence-electron chi connectivity index (χ2n) is 5.74. The molecule has 0 radical (unpaired) electrons. The van der Waals surface area contributed by atoms with Crippen LogP contribution in [0.2, 0.25) is 0 Å². The van der Waals surface area contributed by atoms with Gasteiger partial charge >= 0.3 is 0 Å². The van der Waals surface area contributed by atoms with Gasteiger partial charge in [0, 0.05) is 31.5 Å². The molecule has 0 saturated carbocycles. The summed E-state index contributed by atoms with van der Waals surface area (Å²) in [5.74, 6) is 0.372. The predicted octanol–water partition coefficient (Wildman–Crippen LogP) is 2.17. The number of hydrogen-bond donors (Lipinski definition) is 1. The minimum absolute atomic E-state index is 0.0559. The number of aromatic nitrogens is 1. The van der Waals surface area contributed by atoms with E-state index < -0.39 is 0 Å². The molecule has 1 aliphatic heterocycles. The number of nitrogen functional groups attached to an aromatic ring is 1. The van der Waals surface area contributed by atoms with Gasteiger partial charge in [-0.05, 0) is 25.0 Å². The van der Waals surface area contributed by atoms with Gasteiger partial charge in [-0.15, -0.1) is 0 Å². The number of para-hydroxylation sites is 1. The third kappa shape index (κ3) is 2.90. The normalized spacial score (nSPS) is 16.1. The number of likely N-dealkylation sites (tertiary alicyclic amines) is 1. The number of piperidine rings is 1. The smallest absolute Gasteiger partial charge is 0.248 e. The van der Waals surface area contributed by atoms with Gasteiger partial charge in [0.1, 0.15) is 6.61 Å². The number of ether oxygens (including phenoxy) is 1. The average molecular weight is 299 g/mol. The Labute approximate surface area is 130 Å².